The van der Waals surface area contributed by atoms with Crippen molar-refractivity contribution in [2.24, 2.45) is 0 Å². The van der Waals surface area contributed by atoms with Gasteiger partial charge in [0.25, 0.3) is 5.91 Å². The van der Waals surface area contributed by atoms with E-state index in [1.54, 1.807) is 6.07 Å². The summed E-state index contributed by atoms with van der Waals surface area (Å²) in [7, 11) is 0. The number of rotatable bonds is 3. The molecule has 1 saturated heterocycles. The zero-order valence-electron chi connectivity index (χ0n) is 11.0. The molecule has 1 aliphatic rings. The lowest BCUT2D eigenvalue weighted by atomic mass is 10.1. The van der Waals surface area contributed by atoms with Gasteiger partial charge >= 0.3 is 0 Å². The SMILES string of the molecule is O=C(NCC1CCCO1)c1ccc(C#CCO)cc1F. The van der Waals surface area contributed by atoms with Crippen LogP contribution in [0.5, 0.6) is 0 Å². The van der Waals surface area contributed by atoms with Gasteiger partial charge in [-0.25, -0.2) is 4.39 Å². The zero-order valence-corrected chi connectivity index (χ0v) is 11.0. The van der Waals surface area contributed by atoms with Gasteiger partial charge in [0.1, 0.15) is 12.4 Å². The summed E-state index contributed by atoms with van der Waals surface area (Å²) in [5, 5.41) is 11.2. The minimum absolute atomic E-state index is 0.0162. The first-order chi connectivity index (χ1) is 9.70. The van der Waals surface area contributed by atoms with Gasteiger partial charge in [-0.05, 0) is 31.0 Å². The number of hydrogen-bond acceptors (Lipinski definition) is 3. The first-order valence-corrected chi connectivity index (χ1v) is 6.50. The van der Waals surface area contributed by atoms with Crippen molar-refractivity contribution in [3.8, 4) is 11.8 Å². The lowest BCUT2D eigenvalue weighted by Crippen LogP contribution is -2.32. The summed E-state index contributed by atoms with van der Waals surface area (Å²) >= 11 is 0. The van der Waals surface area contributed by atoms with Crippen LogP contribution in [0.1, 0.15) is 28.8 Å². The maximum absolute atomic E-state index is 13.8. The fraction of sp³-hybridized carbons (Fsp3) is 0.400. The molecule has 1 heterocycles. The molecule has 0 bridgehead atoms. The molecule has 1 unspecified atom stereocenters. The Balaban J connectivity index is 1.98. The Bertz CT molecular complexity index is 542. The second-order valence-electron chi connectivity index (χ2n) is 4.50. The number of aliphatic hydroxyl groups is 1. The van der Waals surface area contributed by atoms with Crippen LogP contribution < -0.4 is 5.32 Å². The Hall–Kier alpha value is -1.90. The smallest absolute Gasteiger partial charge is 0.254 e. The van der Waals surface area contributed by atoms with Crippen molar-refractivity contribution in [2.45, 2.75) is 18.9 Å². The second-order valence-corrected chi connectivity index (χ2v) is 4.50. The Morgan fingerprint density at radius 2 is 2.40 bits per heavy atom. The summed E-state index contributed by atoms with van der Waals surface area (Å²) in [5.74, 6) is 3.93. The predicted molar refractivity (Wildman–Crippen MR) is 71.7 cm³/mol. The Morgan fingerprint density at radius 3 is 3.05 bits per heavy atom. The van der Waals surface area contributed by atoms with Gasteiger partial charge in [0.15, 0.2) is 0 Å². The highest BCUT2D eigenvalue weighted by atomic mass is 19.1. The van der Waals surface area contributed by atoms with Gasteiger partial charge in [-0.2, -0.15) is 0 Å². The summed E-state index contributed by atoms with van der Waals surface area (Å²) in [6, 6.07) is 4.12. The van der Waals surface area contributed by atoms with Crippen LogP contribution >= 0.6 is 0 Å². The molecule has 20 heavy (non-hydrogen) atoms. The Kier molecular flexibility index (Phi) is 5.10. The number of ether oxygens (including phenoxy) is 1. The molecule has 106 valence electrons. The molecular weight excluding hydrogens is 261 g/mol. The highest BCUT2D eigenvalue weighted by Gasteiger charge is 2.18. The predicted octanol–water partition coefficient (Wildman–Crippen LogP) is 1.08. The van der Waals surface area contributed by atoms with E-state index in [9.17, 15) is 9.18 Å². The lowest BCUT2D eigenvalue weighted by molar-refractivity contribution is 0.0854. The first-order valence-electron chi connectivity index (χ1n) is 6.50. The molecule has 1 atom stereocenters. The van der Waals surface area contributed by atoms with E-state index in [-0.39, 0.29) is 18.3 Å². The van der Waals surface area contributed by atoms with Crippen LogP contribution in [0, 0.1) is 17.7 Å². The molecule has 1 aromatic carbocycles. The lowest BCUT2D eigenvalue weighted by Gasteiger charge is -2.11. The van der Waals surface area contributed by atoms with E-state index in [2.05, 4.69) is 17.2 Å². The Morgan fingerprint density at radius 1 is 1.55 bits per heavy atom. The minimum atomic E-state index is -0.625. The Labute approximate surface area is 116 Å². The quantitative estimate of drug-likeness (QED) is 0.813. The van der Waals surface area contributed by atoms with Gasteiger partial charge in [0.2, 0.25) is 0 Å². The van der Waals surface area contributed by atoms with Gasteiger partial charge in [-0.15, -0.1) is 0 Å². The van der Waals surface area contributed by atoms with E-state index >= 15 is 0 Å². The normalized spacial score (nSPS) is 17.4. The van der Waals surface area contributed by atoms with E-state index in [1.807, 2.05) is 0 Å². The topological polar surface area (TPSA) is 58.6 Å². The van der Waals surface area contributed by atoms with Gasteiger partial charge in [0.05, 0.1) is 11.7 Å². The number of amides is 1. The third-order valence-corrected chi connectivity index (χ3v) is 3.04. The summed E-state index contributed by atoms with van der Waals surface area (Å²) < 4.78 is 19.2. The molecule has 0 radical (unpaired) electrons. The summed E-state index contributed by atoms with van der Waals surface area (Å²) in [6.07, 6.45) is 1.93. The van der Waals surface area contributed by atoms with Crippen molar-refractivity contribution in [3.05, 3.63) is 35.1 Å². The highest BCUT2D eigenvalue weighted by molar-refractivity contribution is 5.94. The molecule has 4 nitrogen and oxygen atoms in total. The van der Waals surface area contributed by atoms with Crippen molar-refractivity contribution in [3.63, 3.8) is 0 Å². The molecular formula is C15H16FNO3. The molecule has 0 aromatic heterocycles. The first kappa shape index (κ1) is 14.5. The molecule has 2 N–H and O–H groups in total. The highest BCUT2D eigenvalue weighted by Crippen LogP contribution is 2.12. The number of aliphatic hydroxyl groups excluding tert-OH is 1. The number of hydrogen-bond donors (Lipinski definition) is 2. The van der Waals surface area contributed by atoms with Crippen LogP contribution in [0.2, 0.25) is 0 Å². The molecule has 0 aliphatic carbocycles. The maximum atomic E-state index is 13.8. The van der Waals surface area contributed by atoms with Crippen LogP contribution in [0.3, 0.4) is 0 Å². The molecule has 5 heteroatoms. The molecule has 1 amide bonds. The van der Waals surface area contributed by atoms with Crippen LogP contribution in [0.25, 0.3) is 0 Å². The number of carbonyl (C=O) groups excluding carboxylic acids is 1. The van der Waals surface area contributed by atoms with Crippen LogP contribution in [0.4, 0.5) is 4.39 Å². The van der Waals surface area contributed by atoms with Gasteiger partial charge in [-0.1, -0.05) is 11.8 Å². The number of carbonyl (C=O) groups is 1. The summed E-state index contributed by atoms with van der Waals surface area (Å²) in [5.41, 5.74) is 0.407. The molecule has 1 aromatic rings. The third-order valence-electron chi connectivity index (χ3n) is 3.04. The number of halogens is 1. The van der Waals surface area contributed by atoms with Crippen molar-refractivity contribution in [1.82, 2.24) is 5.32 Å². The molecule has 0 saturated carbocycles. The van der Waals surface area contributed by atoms with Crippen LogP contribution in [-0.2, 0) is 4.74 Å². The van der Waals surface area contributed by atoms with Gasteiger partial charge in [-0.3, -0.25) is 4.79 Å². The van der Waals surface area contributed by atoms with E-state index in [1.165, 1.54) is 12.1 Å². The third kappa shape index (κ3) is 3.80. The fourth-order valence-corrected chi connectivity index (χ4v) is 2.03. The maximum Gasteiger partial charge on any atom is 0.254 e. The van der Waals surface area contributed by atoms with Gasteiger partial charge in [0, 0.05) is 18.7 Å². The summed E-state index contributed by atoms with van der Waals surface area (Å²) in [6.45, 7) is 0.822. The standard InChI is InChI=1S/C15H16FNO3/c16-14-9-11(3-1-7-18)5-6-13(14)15(19)17-10-12-4-2-8-20-12/h5-6,9,12,18H,2,4,7-8,10H2,(H,17,19). The van der Waals surface area contributed by atoms with Crippen LogP contribution in [-0.4, -0.2) is 36.9 Å². The molecule has 0 spiro atoms. The van der Waals surface area contributed by atoms with Crippen molar-refractivity contribution in [1.29, 1.82) is 0 Å². The average Bonchev–Trinajstić information content (AvgIpc) is 2.96. The summed E-state index contributed by atoms with van der Waals surface area (Å²) in [4.78, 5) is 11.9. The second kappa shape index (κ2) is 7.04. The van der Waals surface area contributed by atoms with E-state index in [0.29, 0.717) is 18.7 Å². The van der Waals surface area contributed by atoms with Crippen molar-refractivity contribution < 1.29 is 19.0 Å². The number of nitrogens with one attached hydrogen (secondary N) is 1. The van der Waals surface area contributed by atoms with E-state index < -0.39 is 11.7 Å². The van der Waals surface area contributed by atoms with E-state index in [4.69, 9.17) is 9.84 Å². The van der Waals surface area contributed by atoms with Crippen molar-refractivity contribution in [2.75, 3.05) is 19.8 Å². The molecule has 1 aliphatic heterocycles. The fourth-order valence-electron chi connectivity index (χ4n) is 2.03. The van der Waals surface area contributed by atoms with Crippen molar-refractivity contribution >= 4 is 5.91 Å². The largest absolute Gasteiger partial charge is 0.384 e. The van der Waals surface area contributed by atoms with Gasteiger partial charge < -0.3 is 15.2 Å². The molecule has 1 fully saturated rings. The minimum Gasteiger partial charge on any atom is -0.384 e. The number of benzene rings is 1. The molecule has 2 rings (SSSR count). The van der Waals surface area contributed by atoms with E-state index in [0.717, 1.165) is 12.8 Å². The average molecular weight is 277 g/mol. The zero-order chi connectivity index (χ0) is 14.4. The van der Waals surface area contributed by atoms with Crippen LogP contribution in [0.15, 0.2) is 18.2 Å². The monoisotopic (exact) mass is 277 g/mol.